The molecule has 0 bridgehead atoms. The largest absolute Gasteiger partial charge is 0.480 e. The van der Waals surface area contributed by atoms with Gasteiger partial charge in [0.05, 0.1) is 11.3 Å². The maximum Gasteiger partial charge on any atom is 0.321 e. The molecule has 1 unspecified atom stereocenters. The van der Waals surface area contributed by atoms with Gasteiger partial charge in [-0.25, -0.2) is 13.6 Å². The summed E-state index contributed by atoms with van der Waals surface area (Å²) in [6.07, 6.45) is -0.237. The Morgan fingerprint density at radius 2 is 1.78 bits per heavy atom. The minimum absolute atomic E-state index is 0.0717. The maximum absolute atomic E-state index is 11.9. The van der Waals surface area contributed by atoms with Crippen molar-refractivity contribution in [2.45, 2.75) is 31.2 Å². The van der Waals surface area contributed by atoms with Gasteiger partial charge in [0, 0.05) is 5.69 Å². The number of rotatable bonds is 8. The Balaban J connectivity index is 2.65. The third-order valence-electron chi connectivity index (χ3n) is 2.93. The highest BCUT2D eigenvalue weighted by Gasteiger charge is 2.21. The molecule has 1 rings (SSSR count). The molecule has 0 aliphatic rings. The van der Waals surface area contributed by atoms with Crippen LogP contribution in [0.25, 0.3) is 0 Å². The summed E-state index contributed by atoms with van der Waals surface area (Å²) in [5, 5.41) is 19.4. The molecule has 0 saturated heterocycles. The van der Waals surface area contributed by atoms with E-state index in [0.29, 0.717) is 12.2 Å². The van der Waals surface area contributed by atoms with Crippen LogP contribution in [0.5, 0.6) is 0 Å². The van der Waals surface area contributed by atoms with Crippen molar-refractivity contribution in [3.63, 3.8) is 0 Å². The summed E-state index contributed by atoms with van der Waals surface area (Å²) in [5.41, 5.74) is 0.357. The second kappa shape index (κ2) is 8.04. The first-order valence-electron chi connectivity index (χ1n) is 6.98. The molecule has 8 nitrogen and oxygen atoms in total. The number of amides is 1. The lowest BCUT2D eigenvalue weighted by Gasteiger charge is -2.15. The molecule has 0 aromatic heterocycles. The molecule has 0 aliphatic heterocycles. The Kier molecular flexibility index (Phi) is 6.67. The van der Waals surface area contributed by atoms with Crippen LogP contribution in [0, 0.1) is 5.92 Å². The summed E-state index contributed by atoms with van der Waals surface area (Å²) in [7, 11) is -3.79. The van der Waals surface area contributed by atoms with Crippen LogP contribution in [0.1, 0.15) is 20.3 Å². The SMILES string of the molecule is CC(C)CNC(CC(=O)Nc1ccc(S(N)(=O)=O)cc1)C(=O)O. The minimum atomic E-state index is -3.79. The smallest absolute Gasteiger partial charge is 0.321 e. The van der Waals surface area contributed by atoms with Crippen LogP contribution in [0.3, 0.4) is 0 Å². The zero-order chi connectivity index (χ0) is 17.6. The average Bonchev–Trinajstić information content (AvgIpc) is 2.42. The van der Waals surface area contributed by atoms with Gasteiger partial charge in [0.15, 0.2) is 0 Å². The molecule has 9 heteroatoms. The standard InChI is InChI=1S/C14H21N3O5S/c1-9(2)8-16-12(14(19)20)7-13(18)17-10-3-5-11(6-4-10)23(15,21)22/h3-6,9,12,16H,7-8H2,1-2H3,(H,17,18)(H,19,20)(H2,15,21,22). The first-order valence-corrected chi connectivity index (χ1v) is 8.53. The van der Waals surface area contributed by atoms with Crippen molar-refractivity contribution in [1.29, 1.82) is 0 Å². The number of primary sulfonamides is 1. The van der Waals surface area contributed by atoms with Gasteiger partial charge in [0.1, 0.15) is 6.04 Å². The van der Waals surface area contributed by atoms with E-state index in [1.807, 2.05) is 13.8 Å². The Morgan fingerprint density at radius 3 is 2.22 bits per heavy atom. The lowest BCUT2D eigenvalue weighted by molar-refractivity contribution is -0.141. The van der Waals surface area contributed by atoms with Gasteiger partial charge < -0.3 is 15.7 Å². The highest BCUT2D eigenvalue weighted by molar-refractivity contribution is 7.89. The number of carbonyl (C=O) groups is 2. The first-order chi connectivity index (χ1) is 10.6. The quantitative estimate of drug-likeness (QED) is 0.537. The molecule has 0 spiro atoms. The van der Waals surface area contributed by atoms with E-state index in [4.69, 9.17) is 10.2 Å². The van der Waals surface area contributed by atoms with Gasteiger partial charge in [0.25, 0.3) is 0 Å². The molecule has 0 aliphatic carbocycles. The van der Waals surface area contributed by atoms with Gasteiger partial charge in [0.2, 0.25) is 15.9 Å². The number of hydrogen-bond donors (Lipinski definition) is 4. The van der Waals surface area contributed by atoms with Crippen molar-refractivity contribution in [3.05, 3.63) is 24.3 Å². The number of hydrogen-bond acceptors (Lipinski definition) is 5. The van der Waals surface area contributed by atoms with Gasteiger partial charge in [-0.05, 0) is 36.7 Å². The molecule has 0 heterocycles. The lowest BCUT2D eigenvalue weighted by atomic mass is 10.1. The van der Waals surface area contributed by atoms with E-state index in [0.717, 1.165) is 0 Å². The molecule has 1 aromatic carbocycles. The third-order valence-corrected chi connectivity index (χ3v) is 3.86. The number of sulfonamides is 1. The van der Waals surface area contributed by atoms with E-state index in [-0.39, 0.29) is 17.2 Å². The van der Waals surface area contributed by atoms with Gasteiger partial charge in [-0.3, -0.25) is 9.59 Å². The zero-order valence-corrected chi connectivity index (χ0v) is 13.8. The zero-order valence-electron chi connectivity index (χ0n) is 12.9. The number of carbonyl (C=O) groups excluding carboxylic acids is 1. The van der Waals surface area contributed by atoms with E-state index in [1.165, 1.54) is 24.3 Å². The van der Waals surface area contributed by atoms with Crippen LogP contribution in [-0.2, 0) is 19.6 Å². The van der Waals surface area contributed by atoms with Crippen LogP contribution in [0.2, 0.25) is 0 Å². The fourth-order valence-electron chi connectivity index (χ4n) is 1.75. The molecule has 0 radical (unpaired) electrons. The summed E-state index contributed by atoms with van der Waals surface area (Å²) < 4.78 is 22.3. The van der Waals surface area contributed by atoms with Crippen molar-refractivity contribution < 1.29 is 23.1 Å². The summed E-state index contributed by atoms with van der Waals surface area (Å²) >= 11 is 0. The van der Waals surface area contributed by atoms with Crippen LogP contribution in [-0.4, -0.2) is 38.0 Å². The second-order valence-electron chi connectivity index (χ2n) is 5.51. The summed E-state index contributed by atoms with van der Waals surface area (Å²) in [6.45, 7) is 4.34. The highest BCUT2D eigenvalue weighted by atomic mass is 32.2. The molecule has 0 fully saturated rings. The number of anilines is 1. The normalized spacial score (nSPS) is 12.9. The summed E-state index contributed by atoms with van der Waals surface area (Å²) in [6, 6.07) is 4.30. The number of carboxylic acid groups (broad SMARTS) is 1. The number of carboxylic acids is 1. The molecule has 23 heavy (non-hydrogen) atoms. The maximum atomic E-state index is 11.9. The number of nitrogens with two attached hydrogens (primary N) is 1. The molecule has 5 N–H and O–H groups in total. The molecular formula is C14H21N3O5S. The first kappa shape index (κ1) is 19.1. The molecule has 1 atom stereocenters. The summed E-state index contributed by atoms with van der Waals surface area (Å²) in [5.74, 6) is -1.34. The molecule has 128 valence electrons. The predicted molar refractivity (Wildman–Crippen MR) is 85.3 cm³/mol. The molecule has 1 amide bonds. The minimum Gasteiger partial charge on any atom is -0.480 e. The number of benzene rings is 1. The average molecular weight is 343 g/mol. The Morgan fingerprint density at radius 1 is 1.22 bits per heavy atom. The third kappa shape index (κ3) is 6.76. The van der Waals surface area contributed by atoms with Crippen molar-refractivity contribution >= 4 is 27.6 Å². The van der Waals surface area contributed by atoms with Gasteiger partial charge >= 0.3 is 5.97 Å². The van der Waals surface area contributed by atoms with E-state index in [9.17, 15) is 18.0 Å². The van der Waals surface area contributed by atoms with Crippen LogP contribution < -0.4 is 15.8 Å². The fourth-order valence-corrected chi connectivity index (χ4v) is 2.27. The summed E-state index contributed by atoms with van der Waals surface area (Å²) in [4.78, 5) is 23.0. The van der Waals surface area contributed by atoms with E-state index < -0.39 is 27.9 Å². The van der Waals surface area contributed by atoms with Gasteiger partial charge in [-0.2, -0.15) is 0 Å². The lowest BCUT2D eigenvalue weighted by Crippen LogP contribution is -2.41. The Labute approximate surface area is 135 Å². The van der Waals surface area contributed by atoms with Crippen LogP contribution in [0.4, 0.5) is 5.69 Å². The Hall–Kier alpha value is -1.97. The van der Waals surface area contributed by atoms with Gasteiger partial charge in [-0.15, -0.1) is 0 Å². The monoisotopic (exact) mass is 343 g/mol. The number of nitrogens with one attached hydrogen (secondary N) is 2. The second-order valence-corrected chi connectivity index (χ2v) is 7.08. The topological polar surface area (TPSA) is 139 Å². The van der Waals surface area contributed by atoms with Crippen LogP contribution in [0.15, 0.2) is 29.2 Å². The number of aliphatic carboxylic acids is 1. The van der Waals surface area contributed by atoms with E-state index >= 15 is 0 Å². The van der Waals surface area contributed by atoms with Crippen molar-refractivity contribution in [2.75, 3.05) is 11.9 Å². The van der Waals surface area contributed by atoms with Crippen molar-refractivity contribution in [3.8, 4) is 0 Å². The highest BCUT2D eigenvalue weighted by Crippen LogP contribution is 2.13. The molecule has 1 aromatic rings. The predicted octanol–water partition coefficient (Wildman–Crippen LogP) is 0.361. The van der Waals surface area contributed by atoms with E-state index in [1.54, 1.807) is 0 Å². The Bertz CT molecular complexity index is 655. The van der Waals surface area contributed by atoms with Crippen molar-refractivity contribution in [1.82, 2.24) is 5.32 Å². The molecule has 0 saturated carbocycles. The van der Waals surface area contributed by atoms with Crippen LogP contribution >= 0.6 is 0 Å². The van der Waals surface area contributed by atoms with Gasteiger partial charge in [-0.1, -0.05) is 13.8 Å². The molecular weight excluding hydrogens is 322 g/mol. The fraction of sp³-hybridized carbons (Fsp3) is 0.429. The van der Waals surface area contributed by atoms with E-state index in [2.05, 4.69) is 10.6 Å². The van der Waals surface area contributed by atoms with Crippen molar-refractivity contribution in [2.24, 2.45) is 11.1 Å².